The summed E-state index contributed by atoms with van der Waals surface area (Å²) in [4.78, 5) is 13.6. The number of benzene rings is 1. The first-order valence-electron chi connectivity index (χ1n) is 5.98. The Morgan fingerprint density at radius 3 is 2.24 bits per heavy atom. The molecule has 0 atom stereocenters. The topological polar surface area (TPSA) is 32.3 Å². The van der Waals surface area contributed by atoms with Gasteiger partial charge in [-0.3, -0.25) is 4.79 Å². The van der Waals surface area contributed by atoms with Gasteiger partial charge in [-0.2, -0.15) is 0 Å². The molecule has 1 N–H and O–H groups in total. The molecule has 0 aliphatic rings. The Hall–Kier alpha value is -1.35. The number of nitrogens with zero attached hydrogens (tertiary/aromatic N) is 1. The summed E-state index contributed by atoms with van der Waals surface area (Å²) in [7, 11) is 1.82. The van der Waals surface area contributed by atoms with Crippen molar-refractivity contribution in [1.29, 1.82) is 0 Å². The van der Waals surface area contributed by atoms with Gasteiger partial charge in [-0.25, -0.2) is 0 Å². The van der Waals surface area contributed by atoms with Crippen LogP contribution in [0.15, 0.2) is 18.2 Å². The minimum absolute atomic E-state index is 0.0868. The van der Waals surface area contributed by atoms with Crippen LogP contribution < -0.4 is 10.2 Å². The molecule has 3 heteroatoms. The third-order valence-corrected chi connectivity index (χ3v) is 2.63. The summed E-state index contributed by atoms with van der Waals surface area (Å²) >= 11 is 0. The van der Waals surface area contributed by atoms with Crippen molar-refractivity contribution >= 4 is 11.6 Å². The monoisotopic (exact) mass is 234 g/mol. The minimum atomic E-state index is 0.0868. The fourth-order valence-electron chi connectivity index (χ4n) is 1.70. The average Bonchev–Trinajstić information content (AvgIpc) is 2.23. The van der Waals surface area contributed by atoms with Crippen molar-refractivity contribution in [2.75, 3.05) is 18.5 Å². The number of hydrogen-bond acceptors (Lipinski definition) is 2. The zero-order valence-corrected chi connectivity index (χ0v) is 11.4. The fourth-order valence-corrected chi connectivity index (χ4v) is 1.70. The number of anilines is 1. The van der Waals surface area contributed by atoms with Crippen LogP contribution in [0, 0.1) is 13.8 Å². The van der Waals surface area contributed by atoms with Crippen LogP contribution in [0.25, 0.3) is 0 Å². The molecule has 0 spiro atoms. The second-order valence-electron chi connectivity index (χ2n) is 4.83. The predicted molar refractivity (Wildman–Crippen MR) is 72.5 cm³/mol. The van der Waals surface area contributed by atoms with Crippen LogP contribution >= 0.6 is 0 Å². The number of amides is 1. The van der Waals surface area contributed by atoms with E-state index in [0.717, 1.165) is 5.69 Å². The van der Waals surface area contributed by atoms with Gasteiger partial charge in [0.15, 0.2) is 0 Å². The van der Waals surface area contributed by atoms with Gasteiger partial charge in [-0.1, -0.05) is 19.9 Å². The standard InChI is InChI=1S/C14H22N2O/c1-10(2)15-9-14(17)16(5)13-7-11(3)6-12(4)8-13/h6-8,10,15H,9H2,1-5H3. The van der Waals surface area contributed by atoms with Gasteiger partial charge in [0, 0.05) is 18.8 Å². The molecule has 1 rings (SSSR count). The predicted octanol–water partition coefficient (Wildman–Crippen LogP) is 2.26. The lowest BCUT2D eigenvalue weighted by atomic mass is 10.1. The molecule has 1 aromatic carbocycles. The number of carbonyl (C=O) groups is 1. The molecule has 0 fully saturated rings. The van der Waals surface area contributed by atoms with E-state index in [1.807, 2.05) is 46.9 Å². The zero-order valence-electron chi connectivity index (χ0n) is 11.4. The molecule has 0 unspecified atom stereocenters. The summed E-state index contributed by atoms with van der Waals surface area (Å²) in [5.74, 6) is 0.0868. The quantitative estimate of drug-likeness (QED) is 0.866. The van der Waals surface area contributed by atoms with Crippen molar-refractivity contribution in [3.8, 4) is 0 Å². The first-order chi connectivity index (χ1) is 7.90. The summed E-state index contributed by atoms with van der Waals surface area (Å²) in [6.45, 7) is 8.53. The Balaban J connectivity index is 2.74. The van der Waals surface area contributed by atoms with Gasteiger partial charge in [0.25, 0.3) is 0 Å². The van der Waals surface area contributed by atoms with E-state index in [-0.39, 0.29) is 5.91 Å². The van der Waals surface area contributed by atoms with Crippen LogP contribution in [-0.2, 0) is 4.79 Å². The average molecular weight is 234 g/mol. The maximum Gasteiger partial charge on any atom is 0.240 e. The van der Waals surface area contributed by atoms with Crippen molar-refractivity contribution < 1.29 is 4.79 Å². The zero-order chi connectivity index (χ0) is 13.0. The Morgan fingerprint density at radius 2 is 1.76 bits per heavy atom. The molecule has 0 radical (unpaired) electrons. The summed E-state index contributed by atoms with van der Waals surface area (Å²) in [5.41, 5.74) is 3.31. The largest absolute Gasteiger partial charge is 0.314 e. The first kappa shape index (κ1) is 13.7. The number of aryl methyl sites for hydroxylation is 2. The van der Waals surface area contributed by atoms with E-state index in [0.29, 0.717) is 12.6 Å². The maximum absolute atomic E-state index is 11.9. The highest BCUT2D eigenvalue weighted by atomic mass is 16.2. The number of likely N-dealkylation sites (N-methyl/N-ethyl adjacent to an activating group) is 1. The lowest BCUT2D eigenvalue weighted by molar-refractivity contribution is -0.117. The summed E-state index contributed by atoms with van der Waals surface area (Å²) in [5, 5.41) is 3.13. The SMILES string of the molecule is Cc1cc(C)cc(N(C)C(=O)CNC(C)C)c1. The summed E-state index contributed by atoms with van der Waals surface area (Å²) < 4.78 is 0. The third kappa shape index (κ3) is 4.19. The van der Waals surface area contributed by atoms with Gasteiger partial charge in [0.2, 0.25) is 5.91 Å². The molecule has 0 aliphatic carbocycles. The molecule has 1 amide bonds. The van der Waals surface area contributed by atoms with Gasteiger partial charge < -0.3 is 10.2 Å². The van der Waals surface area contributed by atoms with Crippen molar-refractivity contribution in [2.45, 2.75) is 33.7 Å². The van der Waals surface area contributed by atoms with E-state index >= 15 is 0 Å². The van der Waals surface area contributed by atoms with Gasteiger partial charge in [-0.05, 0) is 37.1 Å². The number of nitrogens with one attached hydrogen (secondary N) is 1. The molecule has 1 aromatic rings. The first-order valence-corrected chi connectivity index (χ1v) is 5.98. The lowest BCUT2D eigenvalue weighted by Gasteiger charge is -2.19. The van der Waals surface area contributed by atoms with Crippen molar-refractivity contribution in [3.05, 3.63) is 29.3 Å². The van der Waals surface area contributed by atoms with Crippen LogP contribution in [-0.4, -0.2) is 25.5 Å². The van der Waals surface area contributed by atoms with Crippen LogP contribution in [0.2, 0.25) is 0 Å². The molecule has 3 nitrogen and oxygen atoms in total. The van der Waals surface area contributed by atoms with E-state index in [4.69, 9.17) is 0 Å². The maximum atomic E-state index is 11.9. The molecule has 94 valence electrons. The van der Waals surface area contributed by atoms with Crippen LogP contribution in [0.4, 0.5) is 5.69 Å². The lowest BCUT2D eigenvalue weighted by Crippen LogP contribution is -2.38. The number of carbonyl (C=O) groups excluding carboxylic acids is 1. The van der Waals surface area contributed by atoms with E-state index < -0.39 is 0 Å². The minimum Gasteiger partial charge on any atom is -0.314 e. The Labute approximate surface area is 104 Å². The second-order valence-corrected chi connectivity index (χ2v) is 4.83. The van der Waals surface area contributed by atoms with E-state index in [1.165, 1.54) is 11.1 Å². The fraction of sp³-hybridized carbons (Fsp3) is 0.500. The Morgan fingerprint density at radius 1 is 1.24 bits per heavy atom. The molecular weight excluding hydrogens is 212 g/mol. The van der Waals surface area contributed by atoms with E-state index in [9.17, 15) is 4.79 Å². The molecule has 0 saturated heterocycles. The molecule has 17 heavy (non-hydrogen) atoms. The van der Waals surface area contributed by atoms with Gasteiger partial charge >= 0.3 is 0 Å². The second kappa shape index (κ2) is 5.82. The Kier molecular flexibility index (Phi) is 4.70. The van der Waals surface area contributed by atoms with Gasteiger partial charge in [0.1, 0.15) is 0 Å². The summed E-state index contributed by atoms with van der Waals surface area (Å²) in [6, 6.07) is 6.49. The van der Waals surface area contributed by atoms with Crippen LogP contribution in [0.5, 0.6) is 0 Å². The van der Waals surface area contributed by atoms with Gasteiger partial charge in [-0.15, -0.1) is 0 Å². The molecule has 0 bridgehead atoms. The van der Waals surface area contributed by atoms with Crippen LogP contribution in [0.3, 0.4) is 0 Å². The van der Waals surface area contributed by atoms with Crippen molar-refractivity contribution in [1.82, 2.24) is 5.32 Å². The smallest absolute Gasteiger partial charge is 0.240 e. The molecule has 0 saturated carbocycles. The molecule has 0 aromatic heterocycles. The highest BCUT2D eigenvalue weighted by molar-refractivity contribution is 5.94. The van der Waals surface area contributed by atoms with E-state index in [2.05, 4.69) is 11.4 Å². The Bertz CT molecular complexity index is 379. The van der Waals surface area contributed by atoms with Crippen LogP contribution in [0.1, 0.15) is 25.0 Å². The van der Waals surface area contributed by atoms with Crippen molar-refractivity contribution in [3.63, 3.8) is 0 Å². The summed E-state index contributed by atoms with van der Waals surface area (Å²) in [6.07, 6.45) is 0. The number of hydrogen-bond donors (Lipinski definition) is 1. The molecular formula is C14H22N2O. The van der Waals surface area contributed by atoms with E-state index in [1.54, 1.807) is 4.90 Å². The van der Waals surface area contributed by atoms with Gasteiger partial charge in [0.05, 0.1) is 6.54 Å². The number of rotatable bonds is 4. The normalized spacial score (nSPS) is 10.7. The third-order valence-electron chi connectivity index (χ3n) is 2.63. The molecule has 0 heterocycles. The van der Waals surface area contributed by atoms with Crippen molar-refractivity contribution in [2.24, 2.45) is 0 Å². The molecule has 0 aliphatic heterocycles. The highest BCUT2D eigenvalue weighted by Gasteiger charge is 2.11. The highest BCUT2D eigenvalue weighted by Crippen LogP contribution is 2.17.